The van der Waals surface area contributed by atoms with Gasteiger partial charge in [-0.25, -0.2) is 13.1 Å². The highest BCUT2D eigenvalue weighted by Gasteiger charge is 2.18. The fourth-order valence-corrected chi connectivity index (χ4v) is 2.95. The molecule has 22 heavy (non-hydrogen) atoms. The molecule has 0 aliphatic rings. The monoisotopic (exact) mass is 329 g/mol. The fourth-order valence-electron chi connectivity index (χ4n) is 1.85. The molecule has 0 radical (unpaired) electrons. The second-order valence-electron chi connectivity index (χ2n) is 5.00. The van der Waals surface area contributed by atoms with E-state index in [9.17, 15) is 13.2 Å². The number of benzene rings is 1. The lowest BCUT2D eigenvalue weighted by molar-refractivity contribution is 0.0960. The molecule has 124 valence electrons. The standard InChI is InChI=1S/C14H23N3O4S/c1-15-14(18)12-10-11(6-7-13(12)21-4)22(19,20)16-8-5-9-17(2)3/h6-7,10,16H,5,8-9H2,1-4H3,(H,15,18). The van der Waals surface area contributed by atoms with Gasteiger partial charge in [-0.1, -0.05) is 0 Å². The third-order valence-electron chi connectivity index (χ3n) is 3.03. The molecule has 0 saturated heterocycles. The smallest absolute Gasteiger partial charge is 0.254 e. The minimum absolute atomic E-state index is 0.0387. The predicted octanol–water partition coefficient (Wildman–Crippen LogP) is 0.285. The van der Waals surface area contributed by atoms with E-state index in [2.05, 4.69) is 10.0 Å². The predicted molar refractivity (Wildman–Crippen MR) is 84.7 cm³/mol. The van der Waals surface area contributed by atoms with Crippen molar-refractivity contribution in [1.29, 1.82) is 0 Å². The fraction of sp³-hybridized carbons (Fsp3) is 0.500. The molecule has 1 amide bonds. The third-order valence-corrected chi connectivity index (χ3v) is 4.49. The number of carbonyl (C=O) groups excluding carboxylic acids is 1. The second-order valence-corrected chi connectivity index (χ2v) is 6.76. The van der Waals surface area contributed by atoms with Crippen molar-refractivity contribution in [3.63, 3.8) is 0 Å². The van der Waals surface area contributed by atoms with Crippen LogP contribution in [0.3, 0.4) is 0 Å². The minimum atomic E-state index is -3.65. The van der Waals surface area contributed by atoms with E-state index >= 15 is 0 Å². The van der Waals surface area contributed by atoms with E-state index in [1.54, 1.807) is 0 Å². The zero-order valence-corrected chi connectivity index (χ0v) is 14.2. The van der Waals surface area contributed by atoms with Crippen molar-refractivity contribution >= 4 is 15.9 Å². The lowest BCUT2D eigenvalue weighted by atomic mass is 10.2. The molecule has 7 nitrogen and oxygen atoms in total. The molecular weight excluding hydrogens is 306 g/mol. The highest BCUT2D eigenvalue weighted by atomic mass is 32.2. The van der Waals surface area contributed by atoms with Crippen LogP contribution in [0.25, 0.3) is 0 Å². The Hall–Kier alpha value is -1.64. The summed E-state index contributed by atoms with van der Waals surface area (Å²) in [5.41, 5.74) is 0.182. The van der Waals surface area contributed by atoms with Crippen LogP contribution in [0.1, 0.15) is 16.8 Å². The number of hydrogen-bond acceptors (Lipinski definition) is 5. The lowest BCUT2D eigenvalue weighted by Gasteiger charge is -2.12. The molecule has 0 spiro atoms. The first-order chi connectivity index (χ1) is 10.3. The number of sulfonamides is 1. The van der Waals surface area contributed by atoms with Crippen molar-refractivity contribution in [2.45, 2.75) is 11.3 Å². The minimum Gasteiger partial charge on any atom is -0.496 e. The molecule has 0 aliphatic heterocycles. The van der Waals surface area contributed by atoms with Gasteiger partial charge in [-0.15, -0.1) is 0 Å². The van der Waals surface area contributed by atoms with Gasteiger partial charge in [0.05, 0.1) is 17.6 Å². The van der Waals surface area contributed by atoms with Gasteiger partial charge in [-0.3, -0.25) is 4.79 Å². The van der Waals surface area contributed by atoms with Crippen molar-refractivity contribution in [2.24, 2.45) is 0 Å². The Morgan fingerprint density at radius 2 is 2.00 bits per heavy atom. The van der Waals surface area contributed by atoms with Crippen molar-refractivity contribution in [3.8, 4) is 5.75 Å². The number of amides is 1. The van der Waals surface area contributed by atoms with E-state index in [0.717, 1.165) is 6.54 Å². The summed E-state index contributed by atoms with van der Waals surface area (Å²) in [4.78, 5) is 13.8. The summed E-state index contributed by atoms with van der Waals surface area (Å²) in [6.45, 7) is 1.12. The van der Waals surface area contributed by atoms with Crippen LogP contribution in [-0.2, 0) is 10.0 Å². The van der Waals surface area contributed by atoms with Gasteiger partial charge in [-0.2, -0.15) is 0 Å². The SMILES string of the molecule is CNC(=O)c1cc(S(=O)(=O)NCCCN(C)C)ccc1OC. The summed E-state index contributed by atoms with van der Waals surface area (Å²) >= 11 is 0. The number of ether oxygens (including phenoxy) is 1. The van der Waals surface area contributed by atoms with Crippen molar-refractivity contribution in [1.82, 2.24) is 14.9 Å². The Balaban J connectivity index is 2.93. The van der Waals surface area contributed by atoms with Crippen LogP contribution in [0.4, 0.5) is 0 Å². The highest BCUT2D eigenvalue weighted by molar-refractivity contribution is 7.89. The first-order valence-electron chi connectivity index (χ1n) is 6.86. The molecule has 1 aromatic carbocycles. The van der Waals surface area contributed by atoms with Gasteiger partial charge in [0.2, 0.25) is 10.0 Å². The average Bonchev–Trinajstić information content (AvgIpc) is 2.50. The summed E-state index contributed by atoms with van der Waals surface area (Å²) < 4.78 is 32.1. The highest BCUT2D eigenvalue weighted by Crippen LogP contribution is 2.22. The molecule has 1 rings (SSSR count). The number of carbonyl (C=O) groups is 1. The van der Waals surface area contributed by atoms with E-state index < -0.39 is 15.9 Å². The molecule has 2 N–H and O–H groups in total. The lowest BCUT2D eigenvalue weighted by Crippen LogP contribution is -2.28. The van der Waals surface area contributed by atoms with Crippen molar-refractivity contribution in [2.75, 3.05) is 41.3 Å². The van der Waals surface area contributed by atoms with E-state index in [-0.39, 0.29) is 10.5 Å². The number of nitrogens with one attached hydrogen (secondary N) is 2. The normalized spacial score (nSPS) is 11.5. The molecule has 1 aromatic rings. The van der Waals surface area contributed by atoms with Crippen LogP contribution in [0.5, 0.6) is 5.75 Å². The van der Waals surface area contributed by atoms with Gasteiger partial charge in [0.25, 0.3) is 5.91 Å². The summed E-state index contributed by atoms with van der Waals surface area (Å²) in [7, 11) is 3.10. The summed E-state index contributed by atoms with van der Waals surface area (Å²) in [6, 6.07) is 4.20. The Labute approximate surface area is 131 Å². The second kappa shape index (κ2) is 8.11. The Morgan fingerprint density at radius 1 is 1.32 bits per heavy atom. The van der Waals surface area contributed by atoms with Crippen molar-refractivity contribution in [3.05, 3.63) is 23.8 Å². The maximum Gasteiger partial charge on any atom is 0.254 e. The number of methoxy groups -OCH3 is 1. The number of nitrogens with zero attached hydrogens (tertiary/aromatic N) is 1. The van der Waals surface area contributed by atoms with Crippen LogP contribution >= 0.6 is 0 Å². The molecule has 0 atom stereocenters. The zero-order valence-electron chi connectivity index (χ0n) is 13.3. The van der Waals surface area contributed by atoms with Gasteiger partial charge in [-0.05, 0) is 45.3 Å². The Bertz CT molecular complexity index is 615. The van der Waals surface area contributed by atoms with Gasteiger partial charge in [0, 0.05) is 13.6 Å². The maximum absolute atomic E-state index is 12.2. The van der Waals surface area contributed by atoms with Gasteiger partial charge < -0.3 is 15.0 Å². The number of hydrogen-bond donors (Lipinski definition) is 2. The Morgan fingerprint density at radius 3 is 2.55 bits per heavy atom. The molecule has 8 heteroatoms. The van der Waals surface area contributed by atoms with Crippen LogP contribution in [0, 0.1) is 0 Å². The zero-order chi connectivity index (χ0) is 16.8. The summed E-state index contributed by atoms with van der Waals surface area (Å²) in [6.07, 6.45) is 0.699. The maximum atomic E-state index is 12.2. The van der Waals surface area contributed by atoms with Gasteiger partial charge in [0.15, 0.2) is 0 Å². The van der Waals surface area contributed by atoms with Crippen LogP contribution in [-0.4, -0.2) is 60.6 Å². The van der Waals surface area contributed by atoms with Crippen LogP contribution in [0.15, 0.2) is 23.1 Å². The quantitative estimate of drug-likeness (QED) is 0.669. The molecule has 0 unspecified atom stereocenters. The molecular formula is C14H23N3O4S. The van der Waals surface area contributed by atoms with Crippen molar-refractivity contribution < 1.29 is 17.9 Å². The molecule has 0 aromatic heterocycles. The van der Waals surface area contributed by atoms with Gasteiger partial charge in [0.1, 0.15) is 5.75 Å². The molecule has 0 saturated carbocycles. The Kier molecular flexibility index (Phi) is 6.79. The molecule has 0 fully saturated rings. The van der Waals surface area contributed by atoms with Crippen LogP contribution in [0.2, 0.25) is 0 Å². The van der Waals surface area contributed by atoms with E-state index in [4.69, 9.17) is 4.74 Å². The third kappa shape index (κ3) is 4.97. The van der Waals surface area contributed by atoms with Gasteiger partial charge >= 0.3 is 0 Å². The van der Waals surface area contributed by atoms with E-state index in [1.165, 1.54) is 32.4 Å². The molecule has 0 heterocycles. The average molecular weight is 329 g/mol. The first kappa shape index (κ1) is 18.4. The largest absolute Gasteiger partial charge is 0.496 e. The van der Waals surface area contributed by atoms with Crippen LogP contribution < -0.4 is 14.8 Å². The van der Waals surface area contributed by atoms with E-state index in [1.807, 2.05) is 19.0 Å². The topological polar surface area (TPSA) is 87.7 Å². The number of rotatable bonds is 8. The summed E-state index contributed by atoms with van der Waals surface area (Å²) in [5, 5.41) is 2.46. The summed E-state index contributed by atoms with van der Waals surface area (Å²) in [5.74, 6) is -0.0765. The molecule has 0 aliphatic carbocycles. The molecule has 0 bridgehead atoms. The van der Waals surface area contributed by atoms with E-state index in [0.29, 0.717) is 18.7 Å². The first-order valence-corrected chi connectivity index (χ1v) is 8.34.